The van der Waals surface area contributed by atoms with E-state index in [-0.39, 0.29) is 34.4 Å². The van der Waals surface area contributed by atoms with Crippen LogP contribution < -0.4 is 4.90 Å². The number of carbonyl (C=O) groups is 1. The van der Waals surface area contributed by atoms with Crippen molar-refractivity contribution in [3.8, 4) is 0 Å². The number of rotatable bonds is 4. The van der Waals surface area contributed by atoms with Crippen molar-refractivity contribution in [1.82, 2.24) is 0 Å². The van der Waals surface area contributed by atoms with Crippen molar-refractivity contribution in [3.63, 3.8) is 0 Å². The van der Waals surface area contributed by atoms with Gasteiger partial charge in [-0.15, -0.1) is 0 Å². The molecular weight excluding hydrogens is 351 g/mol. The van der Waals surface area contributed by atoms with E-state index in [0.717, 1.165) is 12.8 Å². The second-order valence-corrected chi connectivity index (χ2v) is 9.37. The second-order valence-electron chi connectivity index (χ2n) is 6.01. The Bertz CT molecular complexity index is 779. The summed E-state index contributed by atoms with van der Waals surface area (Å²) in [6, 6.07) is 5.81. The number of amides is 1. The summed E-state index contributed by atoms with van der Waals surface area (Å²) in [5, 5.41) is 0.193. The van der Waals surface area contributed by atoms with Crippen molar-refractivity contribution in [1.29, 1.82) is 0 Å². The van der Waals surface area contributed by atoms with Crippen LogP contribution in [0.3, 0.4) is 0 Å². The number of hydrogen-bond donors (Lipinski definition) is 0. The van der Waals surface area contributed by atoms with E-state index in [9.17, 15) is 17.6 Å². The topological polar surface area (TPSA) is 66.8 Å². The first-order valence-corrected chi connectivity index (χ1v) is 10.6. The molecule has 0 spiro atoms. The molecule has 5 nitrogen and oxygen atoms in total. The first-order chi connectivity index (χ1) is 11.4. The quantitative estimate of drug-likeness (QED) is 0.815. The van der Waals surface area contributed by atoms with Crippen LogP contribution in [0, 0.1) is 5.82 Å². The number of carbonyl (C=O) groups excluding carboxylic acids is 1. The molecule has 0 unspecified atom stereocenters. The van der Waals surface area contributed by atoms with Crippen LogP contribution in [0.2, 0.25) is 0 Å². The second kappa shape index (κ2) is 6.84. The van der Waals surface area contributed by atoms with Gasteiger partial charge >= 0.3 is 0 Å². The molecular formula is C16H19FN2O3S2. The number of para-hydroxylation sites is 1. The zero-order chi connectivity index (χ0) is 17.3. The van der Waals surface area contributed by atoms with E-state index in [1.165, 1.54) is 17.8 Å². The van der Waals surface area contributed by atoms with Crippen LogP contribution in [0.5, 0.6) is 0 Å². The maximum absolute atomic E-state index is 14.3. The summed E-state index contributed by atoms with van der Waals surface area (Å²) >= 11 is 1.27. The average molecular weight is 370 g/mol. The number of amidine groups is 1. The fourth-order valence-corrected chi connectivity index (χ4v) is 6.91. The van der Waals surface area contributed by atoms with Gasteiger partial charge in [0.1, 0.15) is 5.82 Å². The van der Waals surface area contributed by atoms with Gasteiger partial charge in [0.2, 0.25) is 5.91 Å². The van der Waals surface area contributed by atoms with E-state index in [4.69, 9.17) is 0 Å². The van der Waals surface area contributed by atoms with Crippen molar-refractivity contribution in [2.75, 3.05) is 16.4 Å². The minimum atomic E-state index is -3.15. The SMILES string of the molecule is CCCCC(=O)N=C1S[C@@H]2CS(=O)(=O)C[C@@H]2N1c1ccccc1F. The number of sulfone groups is 1. The predicted molar refractivity (Wildman–Crippen MR) is 94.7 cm³/mol. The molecule has 2 atom stereocenters. The van der Waals surface area contributed by atoms with Gasteiger partial charge in [0.25, 0.3) is 0 Å². The van der Waals surface area contributed by atoms with E-state index in [2.05, 4.69) is 4.99 Å². The standard InChI is InChI=1S/C16H19FN2O3S2/c1-2-3-8-15(20)18-16-19(12-7-5-4-6-11(12)17)13-9-24(21,22)10-14(13)23-16/h4-7,13-14H,2-3,8-10H2,1H3/t13-,14+/m0/s1. The highest BCUT2D eigenvalue weighted by Gasteiger charge is 2.49. The minimum absolute atomic E-state index is 0.0372. The number of benzene rings is 1. The molecule has 2 saturated heterocycles. The minimum Gasteiger partial charge on any atom is -0.313 e. The van der Waals surface area contributed by atoms with Crippen LogP contribution in [-0.2, 0) is 14.6 Å². The van der Waals surface area contributed by atoms with Crippen molar-refractivity contribution >= 4 is 38.4 Å². The van der Waals surface area contributed by atoms with Gasteiger partial charge in [-0.05, 0) is 18.6 Å². The fourth-order valence-electron chi connectivity index (χ4n) is 2.98. The highest BCUT2D eigenvalue weighted by Crippen LogP contribution is 2.41. The Kier molecular flexibility index (Phi) is 4.96. The summed E-state index contributed by atoms with van der Waals surface area (Å²) in [6.07, 6.45) is 1.99. The van der Waals surface area contributed by atoms with Crippen LogP contribution in [0.25, 0.3) is 0 Å². The van der Waals surface area contributed by atoms with Gasteiger partial charge in [-0.2, -0.15) is 4.99 Å². The van der Waals surface area contributed by atoms with Crippen LogP contribution in [0.15, 0.2) is 29.3 Å². The number of aliphatic imine (C=N–C) groups is 1. The molecule has 2 heterocycles. The van der Waals surface area contributed by atoms with Gasteiger partial charge in [0, 0.05) is 11.7 Å². The molecule has 24 heavy (non-hydrogen) atoms. The maximum atomic E-state index is 14.3. The van der Waals surface area contributed by atoms with Crippen LogP contribution in [0.4, 0.5) is 10.1 Å². The largest absolute Gasteiger partial charge is 0.313 e. The third kappa shape index (κ3) is 3.49. The predicted octanol–water partition coefficient (Wildman–Crippen LogP) is 2.62. The van der Waals surface area contributed by atoms with Gasteiger partial charge in [0.15, 0.2) is 15.0 Å². The Hall–Kier alpha value is -1.41. The summed E-state index contributed by atoms with van der Waals surface area (Å²) in [5.41, 5.74) is 0.275. The average Bonchev–Trinajstić information content (AvgIpc) is 2.97. The van der Waals surface area contributed by atoms with Crippen LogP contribution in [-0.4, -0.2) is 42.3 Å². The Morgan fingerprint density at radius 1 is 1.38 bits per heavy atom. The van der Waals surface area contributed by atoms with Gasteiger partial charge in [-0.3, -0.25) is 4.79 Å². The number of halogens is 1. The maximum Gasteiger partial charge on any atom is 0.248 e. The number of thioether (sulfide) groups is 1. The van der Waals surface area contributed by atoms with Crippen molar-refractivity contribution in [2.45, 2.75) is 37.5 Å². The van der Waals surface area contributed by atoms with E-state index in [1.807, 2.05) is 6.92 Å². The molecule has 0 bridgehead atoms. The summed E-state index contributed by atoms with van der Waals surface area (Å²) in [6.45, 7) is 1.99. The molecule has 8 heteroatoms. The van der Waals surface area contributed by atoms with Crippen molar-refractivity contribution in [3.05, 3.63) is 30.1 Å². The van der Waals surface area contributed by atoms with E-state index in [0.29, 0.717) is 11.6 Å². The Morgan fingerprint density at radius 3 is 2.83 bits per heavy atom. The first kappa shape index (κ1) is 17.4. The summed E-state index contributed by atoms with van der Waals surface area (Å²) < 4.78 is 38.1. The molecule has 2 aliphatic rings. The smallest absolute Gasteiger partial charge is 0.248 e. The lowest BCUT2D eigenvalue weighted by Crippen LogP contribution is -2.38. The monoisotopic (exact) mass is 370 g/mol. The zero-order valence-corrected chi connectivity index (χ0v) is 14.9. The van der Waals surface area contributed by atoms with Gasteiger partial charge in [-0.25, -0.2) is 12.8 Å². The molecule has 0 saturated carbocycles. The van der Waals surface area contributed by atoms with Crippen LogP contribution >= 0.6 is 11.8 Å². The third-order valence-corrected chi connectivity index (χ3v) is 7.35. The molecule has 0 aromatic heterocycles. The molecule has 2 aliphatic heterocycles. The first-order valence-electron chi connectivity index (χ1n) is 7.93. The highest BCUT2D eigenvalue weighted by atomic mass is 32.2. The van der Waals surface area contributed by atoms with Gasteiger partial charge < -0.3 is 4.90 Å². The van der Waals surface area contributed by atoms with Gasteiger partial charge in [-0.1, -0.05) is 37.2 Å². The van der Waals surface area contributed by atoms with E-state index < -0.39 is 15.7 Å². The Morgan fingerprint density at radius 2 is 2.12 bits per heavy atom. The molecule has 1 amide bonds. The zero-order valence-electron chi connectivity index (χ0n) is 13.3. The molecule has 0 radical (unpaired) electrons. The molecule has 0 aliphatic carbocycles. The number of unbranched alkanes of at least 4 members (excludes halogenated alkanes) is 1. The summed E-state index contributed by atoms with van der Waals surface area (Å²) in [5.74, 6) is -0.698. The lowest BCUT2D eigenvalue weighted by Gasteiger charge is -2.24. The summed E-state index contributed by atoms with van der Waals surface area (Å²) in [4.78, 5) is 17.8. The molecule has 2 fully saturated rings. The molecule has 0 N–H and O–H groups in total. The number of fused-ring (bicyclic) bond motifs is 1. The fraction of sp³-hybridized carbons (Fsp3) is 0.500. The molecule has 3 rings (SSSR count). The van der Waals surface area contributed by atoms with Crippen LogP contribution in [0.1, 0.15) is 26.2 Å². The highest BCUT2D eigenvalue weighted by molar-refractivity contribution is 8.16. The normalized spacial score (nSPS) is 26.8. The molecule has 1 aromatic rings. The van der Waals surface area contributed by atoms with E-state index in [1.54, 1.807) is 23.1 Å². The summed E-state index contributed by atoms with van der Waals surface area (Å²) in [7, 11) is -3.15. The number of anilines is 1. The molecule has 1 aromatic carbocycles. The van der Waals surface area contributed by atoms with Crippen molar-refractivity contribution in [2.24, 2.45) is 4.99 Å². The number of nitrogens with zero attached hydrogens (tertiary/aromatic N) is 2. The van der Waals surface area contributed by atoms with Crippen molar-refractivity contribution < 1.29 is 17.6 Å². The Labute approximate surface area is 145 Å². The molecule has 130 valence electrons. The Balaban J connectivity index is 1.96. The third-order valence-electron chi connectivity index (χ3n) is 4.14. The lowest BCUT2D eigenvalue weighted by atomic mass is 10.2. The van der Waals surface area contributed by atoms with E-state index >= 15 is 0 Å². The lowest BCUT2D eigenvalue weighted by molar-refractivity contribution is -0.117. The number of hydrogen-bond acceptors (Lipinski definition) is 4. The van der Waals surface area contributed by atoms with Gasteiger partial charge in [0.05, 0.1) is 23.2 Å².